The van der Waals surface area contributed by atoms with Crippen LogP contribution in [0.4, 0.5) is 0 Å². The Labute approximate surface area is 109 Å². The van der Waals surface area contributed by atoms with Crippen molar-refractivity contribution < 1.29 is 9.47 Å². The summed E-state index contributed by atoms with van der Waals surface area (Å²) in [5.41, 5.74) is 1.24. The van der Waals surface area contributed by atoms with Crippen molar-refractivity contribution in [3.05, 3.63) is 35.9 Å². The smallest absolute Gasteiger partial charge is 0.0954 e. The molecule has 0 spiro atoms. The second-order valence-electron chi connectivity index (χ2n) is 4.73. The van der Waals surface area contributed by atoms with E-state index in [0.29, 0.717) is 0 Å². The van der Waals surface area contributed by atoms with Gasteiger partial charge in [0.05, 0.1) is 18.8 Å². The van der Waals surface area contributed by atoms with E-state index < -0.39 is 0 Å². The highest BCUT2D eigenvalue weighted by Gasteiger charge is 2.21. The van der Waals surface area contributed by atoms with Crippen molar-refractivity contribution in [2.24, 2.45) is 0 Å². The summed E-state index contributed by atoms with van der Waals surface area (Å²) in [6.07, 6.45) is 2.54. The lowest BCUT2D eigenvalue weighted by Crippen LogP contribution is -2.27. The summed E-state index contributed by atoms with van der Waals surface area (Å²) < 4.78 is 11.5. The van der Waals surface area contributed by atoms with Gasteiger partial charge < -0.3 is 14.8 Å². The number of hydrogen-bond acceptors (Lipinski definition) is 3. The molecule has 1 fully saturated rings. The zero-order valence-electron chi connectivity index (χ0n) is 11.1. The van der Waals surface area contributed by atoms with E-state index in [1.165, 1.54) is 5.56 Å². The second-order valence-corrected chi connectivity index (χ2v) is 4.73. The van der Waals surface area contributed by atoms with Crippen LogP contribution in [0.3, 0.4) is 0 Å². The molecule has 2 atom stereocenters. The van der Waals surface area contributed by atoms with Gasteiger partial charge in [-0.1, -0.05) is 37.3 Å². The first-order valence-electron chi connectivity index (χ1n) is 6.89. The molecule has 1 aromatic carbocycles. The van der Waals surface area contributed by atoms with Gasteiger partial charge in [-0.15, -0.1) is 0 Å². The fourth-order valence-electron chi connectivity index (χ4n) is 2.17. The van der Waals surface area contributed by atoms with Crippen molar-refractivity contribution in [3.8, 4) is 0 Å². The van der Waals surface area contributed by atoms with Crippen LogP contribution in [0.5, 0.6) is 0 Å². The molecule has 0 aliphatic carbocycles. The van der Waals surface area contributed by atoms with Gasteiger partial charge in [-0.2, -0.15) is 0 Å². The highest BCUT2D eigenvalue weighted by Crippen LogP contribution is 2.21. The van der Waals surface area contributed by atoms with Gasteiger partial charge in [0.1, 0.15) is 0 Å². The van der Waals surface area contributed by atoms with Crippen molar-refractivity contribution in [1.82, 2.24) is 5.32 Å². The van der Waals surface area contributed by atoms with E-state index in [2.05, 4.69) is 36.5 Å². The third-order valence-corrected chi connectivity index (χ3v) is 3.17. The minimum absolute atomic E-state index is 0.129. The van der Waals surface area contributed by atoms with E-state index in [9.17, 15) is 0 Å². The lowest BCUT2D eigenvalue weighted by Gasteiger charge is -2.22. The van der Waals surface area contributed by atoms with Crippen LogP contribution in [0.1, 0.15) is 31.4 Å². The first-order chi connectivity index (χ1) is 8.90. The van der Waals surface area contributed by atoms with Gasteiger partial charge in [-0.3, -0.25) is 0 Å². The van der Waals surface area contributed by atoms with Gasteiger partial charge in [0.15, 0.2) is 0 Å². The predicted molar refractivity (Wildman–Crippen MR) is 72.7 cm³/mol. The molecule has 1 aliphatic heterocycles. The molecule has 1 N–H and O–H groups in total. The van der Waals surface area contributed by atoms with Crippen LogP contribution in [-0.4, -0.2) is 32.4 Å². The Morgan fingerprint density at radius 3 is 2.89 bits per heavy atom. The lowest BCUT2D eigenvalue weighted by atomic mass is 10.1. The van der Waals surface area contributed by atoms with Crippen LogP contribution in [0, 0.1) is 0 Å². The van der Waals surface area contributed by atoms with Gasteiger partial charge in [-0.05, 0) is 24.9 Å². The zero-order valence-corrected chi connectivity index (χ0v) is 11.1. The third kappa shape index (κ3) is 4.09. The number of ether oxygens (including phenoxy) is 2. The minimum Gasteiger partial charge on any atom is -0.379 e. The van der Waals surface area contributed by atoms with Gasteiger partial charge >= 0.3 is 0 Å². The summed E-state index contributed by atoms with van der Waals surface area (Å²) in [6, 6.07) is 10.4. The summed E-state index contributed by atoms with van der Waals surface area (Å²) in [7, 11) is 0. The summed E-state index contributed by atoms with van der Waals surface area (Å²) >= 11 is 0. The van der Waals surface area contributed by atoms with E-state index in [4.69, 9.17) is 9.47 Å². The van der Waals surface area contributed by atoms with Crippen molar-refractivity contribution in [2.45, 2.75) is 32.0 Å². The first-order valence-corrected chi connectivity index (χ1v) is 6.89. The Hall–Kier alpha value is -0.900. The molecular formula is C15H23NO2. The number of rotatable bonds is 7. The molecule has 0 amide bonds. The molecule has 0 aromatic heterocycles. The van der Waals surface area contributed by atoms with Gasteiger partial charge in [0.2, 0.25) is 0 Å². The number of hydrogen-bond donors (Lipinski definition) is 1. The number of benzene rings is 1. The maximum absolute atomic E-state index is 6.16. The molecule has 100 valence electrons. The molecule has 3 heteroatoms. The van der Waals surface area contributed by atoms with E-state index in [0.717, 1.165) is 39.1 Å². The number of nitrogens with one attached hydrogen (secondary N) is 1. The van der Waals surface area contributed by atoms with Crippen LogP contribution in [-0.2, 0) is 9.47 Å². The van der Waals surface area contributed by atoms with Crippen molar-refractivity contribution in [1.29, 1.82) is 0 Å². The normalized spacial score (nSPS) is 21.1. The largest absolute Gasteiger partial charge is 0.379 e. The summed E-state index contributed by atoms with van der Waals surface area (Å²) in [4.78, 5) is 0. The second kappa shape index (κ2) is 7.52. The first kappa shape index (κ1) is 13.5. The van der Waals surface area contributed by atoms with Gasteiger partial charge in [0.25, 0.3) is 0 Å². The van der Waals surface area contributed by atoms with Gasteiger partial charge in [0, 0.05) is 13.2 Å². The molecule has 0 saturated carbocycles. The molecular weight excluding hydrogens is 226 g/mol. The van der Waals surface area contributed by atoms with E-state index >= 15 is 0 Å². The van der Waals surface area contributed by atoms with E-state index in [1.54, 1.807) is 0 Å². The highest BCUT2D eigenvalue weighted by atomic mass is 16.6. The van der Waals surface area contributed by atoms with Crippen LogP contribution in [0.2, 0.25) is 0 Å². The lowest BCUT2D eigenvalue weighted by molar-refractivity contribution is -0.0163. The van der Waals surface area contributed by atoms with E-state index in [-0.39, 0.29) is 12.2 Å². The summed E-state index contributed by atoms with van der Waals surface area (Å²) in [6.45, 7) is 5.64. The van der Waals surface area contributed by atoms with Crippen molar-refractivity contribution in [3.63, 3.8) is 0 Å². The average molecular weight is 249 g/mol. The fourth-order valence-corrected chi connectivity index (χ4v) is 2.17. The monoisotopic (exact) mass is 249 g/mol. The Kier molecular flexibility index (Phi) is 5.65. The van der Waals surface area contributed by atoms with Gasteiger partial charge in [-0.25, -0.2) is 0 Å². The van der Waals surface area contributed by atoms with Crippen LogP contribution >= 0.6 is 0 Å². The zero-order chi connectivity index (χ0) is 12.6. The molecule has 2 rings (SSSR count). The minimum atomic E-state index is 0.129. The quantitative estimate of drug-likeness (QED) is 0.753. The molecule has 0 radical (unpaired) electrons. The van der Waals surface area contributed by atoms with Crippen LogP contribution in [0.25, 0.3) is 0 Å². The standard InChI is InChI=1S/C15H23NO2/c1-2-9-16-11-15(13-6-4-3-5-7-13)18-14-8-10-17-12-14/h3-7,14-16H,2,8-12H2,1H3. The fraction of sp³-hybridized carbons (Fsp3) is 0.600. The Morgan fingerprint density at radius 1 is 1.39 bits per heavy atom. The molecule has 0 bridgehead atoms. The summed E-state index contributed by atoms with van der Waals surface area (Å²) in [5, 5.41) is 3.44. The van der Waals surface area contributed by atoms with E-state index in [1.807, 2.05) is 6.07 Å². The molecule has 18 heavy (non-hydrogen) atoms. The van der Waals surface area contributed by atoms with Crippen molar-refractivity contribution in [2.75, 3.05) is 26.3 Å². The third-order valence-electron chi connectivity index (χ3n) is 3.17. The molecule has 1 heterocycles. The Balaban J connectivity index is 1.93. The molecule has 2 unspecified atom stereocenters. The van der Waals surface area contributed by atoms with Crippen LogP contribution < -0.4 is 5.32 Å². The molecule has 1 aliphatic rings. The predicted octanol–water partition coefficient (Wildman–Crippen LogP) is 2.53. The molecule has 1 aromatic rings. The Morgan fingerprint density at radius 2 is 2.22 bits per heavy atom. The Bertz CT molecular complexity index is 323. The average Bonchev–Trinajstić information content (AvgIpc) is 2.92. The van der Waals surface area contributed by atoms with Crippen LogP contribution in [0.15, 0.2) is 30.3 Å². The molecule has 1 saturated heterocycles. The SMILES string of the molecule is CCCNCC(OC1CCOC1)c1ccccc1. The highest BCUT2D eigenvalue weighted by molar-refractivity contribution is 5.18. The maximum Gasteiger partial charge on any atom is 0.0954 e. The van der Waals surface area contributed by atoms with Crippen molar-refractivity contribution >= 4 is 0 Å². The summed E-state index contributed by atoms with van der Waals surface area (Å²) in [5.74, 6) is 0. The maximum atomic E-state index is 6.16. The molecule has 3 nitrogen and oxygen atoms in total. The topological polar surface area (TPSA) is 30.5 Å².